The monoisotopic (exact) mass is 331 g/mol. The number of benzene rings is 2. The van der Waals surface area contributed by atoms with Crippen molar-refractivity contribution >= 4 is 35.6 Å². The summed E-state index contributed by atoms with van der Waals surface area (Å²) in [7, 11) is 1.98. The van der Waals surface area contributed by atoms with Gasteiger partial charge in [-0.2, -0.15) is 13.5 Å². The molecule has 0 amide bonds. The molecule has 0 saturated carbocycles. The Morgan fingerprint density at radius 3 is 2.64 bits per heavy atom. The smallest absolute Gasteiger partial charge is 0.134 e. The van der Waals surface area contributed by atoms with Crippen molar-refractivity contribution < 1.29 is 4.74 Å². The van der Waals surface area contributed by atoms with Crippen molar-refractivity contribution in [1.29, 1.82) is 0 Å². The SMILES string of the molecule is CNCC[C@H](Oc1cccc2ccccc12)c1cccs1.S. The molecular formula is C18H21NOS2. The Bertz CT molecular complexity index is 692. The highest BCUT2D eigenvalue weighted by atomic mass is 32.1. The predicted octanol–water partition coefficient (Wildman–Crippen LogP) is 4.74. The van der Waals surface area contributed by atoms with Crippen LogP contribution in [0.15, 0.2) is 60.0 Å². The third-order valence-corrected chi connectivity index (χ3v) is 4.50. The zero-order valence-corrected chi connectivity index (χ0v) is 14.4. The van der Waals surface area contributed by atoms with E-state index in [4.69, 9.17) is 4.74 Å². The third-order valence-electron chi connectivity index (χ3n) is 3.54. The summed E-state index contributed by atoms with van der Waals surface area (Å²) >= 11 is 1.75. The van der Waals surface area contributed by atoms with E-state index in [1.54, 1.807) is 11.3 Å². The maximum absolute atomic E-state index is 6.34. The van der Waals surface area contributed by atoms with Crippen molar-refractivity contribution in [2.45, 2.75) is 12.5 Å². The Labute approximate surface area is 142 Å². The molecule has 3 aromatic rings. The van der Waals surface area contributed by atoms with E-state index in [0.717, 1.165) is 18.7 Å². The average molecular weight is 332 g/mol. The van der Waals surface area contributed by atoms with Gasteiger partial charge in [0.05, 0.1) is 0 Å². The predicted molar refractivity (Wildman–Crippen MR) is 101 cm³/mol. The van der Waals surface area contributed by atoms with Crippen LogP contribution >= 0.6 is 24.8 Å². The average Bonchev–Trinajstić information content (AvgIpc) is 3.06. The summed E-state index contributed by atoms with van der Waals surface area (Å²) in [5, 5.41) is 7.70. The molecule has 0 bridgehead atoms. The van der Waals surface area contributed by atoms with E-state index in [0.29, 0.717) is 0 Å². The van der Waals surface area contributed by atoms with Crippen molar-refractivity contribution in [3.63, 3.8) is 0 Å². The van der Waals surface area contributed by atoms with Crippen molar-refractivity contribution in [1.82, 2.24) is 5.32 Å². The second-order valence-corrected chi connectivity index (χ2v) is 5.97. The number of hydrogen-bond acceptors (Lipinski definition) is 3. The lowest BCUT2D eigenvalue weighted by molar-refractivity contribution is 0.201. The van der Waals surface area contributed by atoms with Gasteiger partial charge in [0, 0.05) is 16.7 Å². The minimum atomic E-state index is 0. The molecule has 22 heavy (non-hydrogen) atoms. The lowest BCUT2D eigenvalue weighted by Gasteiger charge is -2.19. The van der Waals surface area contributed by atoms with Gasteiger partial charge in [-0.25, -0.2) is 0 Å². The summed E-state index contributed by atoms with van der Waals surface area (Å²) < 4.78 is 6.34. The van der Waals surface area contributed by atoms with Crippen LogP contribution in [0.5, 0.6) is 5.75 Å². The number of fused-ring (bicyclic) bond motifs is 1. The molecule has 0 aliphatic rings. The fourth-order valence-electron chi connectivity index (χ4n) is 2.46. The van der Waals surface area contributed by atoms with Gasteiger partial charge in [0.25, 0.3) is 0 Å². The molecule has 0 radical (unpaired) electrons. The maximum Gasteiger partial charge on any atom is 0.134 e. The van der Waals surface area contributed by atoms with Gasteiger partial charge in [-0.3, -0.25) is 0 Å². The number of hydrogen-bond donors (Lipinski definition) is 1. The van der Waals surface area contributed by atoms with Gasteiger partial charge in [-0.05, 0) is 36.5 Å². The molecule has 1 heterocycles. The topological polar surface area (TPSA) is 21.3 Å². The van der Waals surface area contributed by atoms with Gasteiger partial charge in [0.2, 0.25) is 0 Å². The van der Waals surface area contributed by atoms with E-state index in [-0.39, 0.29) is 19.6 Å². The molecule has 0 unspecified atom stereocenters. The standard InChI is InChI=1S/C18H19NOS.H2S/c1-19-12-11-17(18-10-5-13-21-18)20-16-9-4-7-14-6-2-3-8-15(14)16;/h2-10,13,17,19H,11-12H2,1H3;1H2/t17-;/m0./s1. The quantitative estimate of drug-likeness (QED) is 0.704. The summed E-state index contributed by atoms with van der Waals surface area (Å²) in [5.41, 5.74) is 0. The van der Waals surface area contributed by atoms with Crippen molar-refractivity contribution in [3.8, 4) is 5.75 Å². The Morgan fingerprint density at radius 1 is 1.05 bits per heavy atom. The Balaban J connectivity index is 0.00000176. The number of thiophene rings is 1. The molecule has 4 heteroatoms. The first-order valence-electron chi connectivity index (χ1n) is 7.21. The second kappa shape index (κ2) is 8.22. The molecule has 116 valence electrons. The highest BCUT2D eigenvalue weighted by molar-refractivity contribution is 7.59. The normalized spacial score (nSPS) is 11.9. The molecule has 0 fully saturated rings. The number of ether oxygens (including phenoxy) is 1. The van der Waals surface area contributed by atoms with Gasteiger partial charge in [0.1, 0.15) is 11.9 Å². The molecule has 3 rings (SSSR count). The van der Waals surface area contributed by atoms with Crippen LogP contribution < -0.4 is 10.1 Å². The molecule has 1 aromatic heterocycles. The van der Waals surface area contributed by atoms with E-state index < -0.39 is 0 Å². The summed E-state index contributed by atoms with van der Waals surface area (Å²) in [6.45, 7) is 0.938. The van der Waals surface area contributed by atoms with Gasteiger partial charge >= 0.3 is 0 Å². The van der Waals surface area contributed by atoms with Crippen molar-refractivity contribution in [2.24, 2.45) is 0 Å². The first-order valence-corrected chi connectivity index (χ1v) is 8.09. The molecule has 0 aliphatic heterocycles. The first kappa shape index (κ1) is 16.9. The third kappa shape index (κ3) is 3.83. The zero-order valence-electron chi connectivity index (χ0n) is 12.6. The summed E-state index contributed by atoms with van der Waals surface area (Å²) in [6, 6.07) is 18.8. The van der Waals surface area contributed by atoms with Gasteiger partial charge in [-0.1, -0.05) is 42.5 Å². The molecular weight excluding hydrogens is 310 g/mol. The van der Waals surface area contributed by atoms with Crippen LogP contribution in [0.1, 0.15) is 17.4 Å². The zero-order chi connectivity index (χ0) is 14.5. The lowest BCUT2D eigenvalue weighted by Crippen LogP contribution is -2.15. The van der Waals surface area contributed by atoms with Crippen LogP contribution in [0.3, 0.4) is 0 Å². The number of rotatable bonds is 6. The maximum atomic E-state index is 6.34. The largest absolute Gasteiger partial charge is 0.484 e. The fourth-order valence-corrected chi connectivity index (χ4v) is 3.25. The van der Waals surface area contributed by atoms with Crippen LogP contribution in [0.4, 0.5) is 0 Å². The van der Waals surface area contributed by atoms with E-state index in [1.165, 1.54) is 15.6 Å². The van der Waals surface area contributed by atoms with Crippen molar-refractivity contribution in [2.75, 3.05) is 13.6 Å². The van der Waals surface area contributed by atoms with Gasteiger partial charge in [-0.15, -0.1) is 11.3 Å². The Morgan fingerprint density at radius 2 is 1.86 bits per heavy atom. The van der Waals surface area contributed by atoms with Crippen LogP contribution in [-0.2, 0) is 0 Å². The van der Waals surface area contributed by atoms with Crippen molar-refractivity contribution in [3.05, 3.63) is 64.9 Å². The van der Waals surface area contributed by atoms with E-state index in [1.807, 2.05) is 7.05 Å². The molecule has 1 N–H and O–H groups in total. The second-order valence-electron chi connectivity index (χ2n) is 4.99. The van der Waals surface area contributed by atoms with E-state index in [9.17, 15) is 0 Å². The molecule has 0 aliphatic carbocycles. The van der Waals surface area contributed by atoms with E-state index >= 15 is 0 Å². The van der Waals surface area contributed by atoms with Gasteiger partial charge < -0.3 is 10.1 Å². The summed E-state index contributed by atoms with van der Waals surface area (Å²) in [4.78, 5) is 1.28. The first-order chi connectivity index (χ1) is 10.4. The minimum Gasteiger partial charge on any atom is -0.484 e. The summed E-state index contributed by atoms with van der Waals surface area (Å²) in [5.74, 6) is 0.961. The van der Waals surface area contributed by atoms with Crippen LogP contribution in [0, 0.1) is 0 Å². The Hall–Kier alpha value is -1.49. The molecule has 0 spiro atoms. The molecule has 2 aromatic carbocycles. The van der Waals surface area contributed by atoms with Crippen LogP contribution in [0.2, 0.25) is 0 Å². The highest BCUT2D eigenvalue weighted by Crippen LogP contribution is 2.32. The molecule has 1 atom stereocenters. The van der Waals surface area contributed by atoms with Crippen LogP contribution in [-0.4, -0.2) is 13.6 Å². The number of nitrogens with one attached hydrogen (secondary N) is 1. The highest BCUT2D eigenvalue weighted by Gasteiger charge is 2.15. The summed E-state index contributed by atoms with van der Waals surface area (Å²) in [6.07, 6.45) is 1.06. The lowest BCUT2D eigenvalue weighted by atomic mass is 10.1. The van der Waals surface area contributed by atoms with Crippen LogP contribution in [0.25, 0.3) is 10.8 Å². The molecule has 0 saturated heterocycles. The fraction of sp³-hybridized carbons (Fsp3) is 0.222. The molecule has 2 nitrogen and oxygen atoms in total. The van der Waals surface area contributed by atoms with E-state index in [2.05, 4.69) is 65.3 Å². The minimum absolute atomic E-state index is 0. The Kier molecular flexibility index (Phi) is 6.31. The van der Waals surface area contributed by atoms with Gasteiger partial charge in [0.15, 0.2) is 0 Å².